The Bertz CT molecular complexity index is 336. The summed E-state index contributed by atoms with van der Waals surface area (Å²) in [4.78, 5) is 0. The summed E-state index contributed by atoms with van der Waals surface area (Å²) < 4.78 is 5.63. The van der Waals surface area contributed by atoms with Crippen molar-refractivity contribution in [2.45, 2.75) is 18.9 Å². The number of phenolic OH excluding ortho intramolecular Hbond substituents is 1. The number of thioether (sulfide) groups is 1. The van der Waals surface area contributed by atoms with Crippen molar-refractivity contribution in [1.29, 1.82) is 0 Å². The first-order valence-corrected chi connectivity index (χ1v) is 7.16. The predicted molar refractivity (Wildman–Crippen MR) is 71.6 cm³/mol. The number of phenols is 1. The molecule has 1 aromatic rings. The number of nitrogens with two attached hydrogens (primary N) is 1. The van der Waals surface area contributed by atoms with Crippen molar-refractivity contribution in [2.24, 2.45) is 11.7 Å². The van der Waals surface area contributed by atoms with Crippen LogP contribution in [0.25, 0.3) is 0 Å². The van der Waals surface area contributed by atoms with Crippen molar-refractivity contribution in [1.82, 2.24) is 0 Å². The molecular formula is C13H19NO2S. The molecule has 0 aromatic heterocycles. The van der Waals surface area contributed by atoms with E-state index in [0.717, 1.165) is 5.75 Å². The van der Waals surface area contributed by atoms with Crippen LogP contribution in [0, 0.1) is 5.92 Å². The van der Waals surface area contributed by atoms with Crippen LogP contribution in [-0.4, -0.2) is 29.3 Å². The third-order valence-electron chi connectivity index (χ3n) is 3.15. The van der Waals surface area contributed by atoms with Crippen molar-refractivity contribution in [3.05, 3.63) is 24.3 Å². The predicted octanol–water partition coefficient (Wildman–Crippen LogP) is 2.24. The highest BCUT2D eigenvalue weighted by molar-refractivity contribution is 7.99. The third-order valence-corrected chi connectivity index (χ3v) is 4.20. The van der Waals surface area contributed by atoms with E-state index >= 15 is 0 Å². The van der Waals surface area contributed by atoms with E-state index in [9.17, 15) is 0 Å². The second kappa shape index (κ2) is 6.17. The summed E-state index contributed by atoms with van der Waals surface area (Å²) in [6, 6.07) is 6.89. The Morgan fingerprint density at radius 2 is 1.94 bits per heavy atom. The summed E-state index contributed by atoms with van der Waals surface area (Å²) in [5.41, 5.74) is 6.14. The van der Waals surface area contributed by atoms with Gasteiger partial charge in [0.05, 0.1) is 0 Å². The molecule has 2 rings (SSSR count). The van der Waals surface area contributed by atoms with Crippen LogP contribution in [0.3, 0.4) is 0 Å². The molecule has 0 aliphatic carbocycles. The van der Waals surface area contributed by atoms with Gasteiger partial charge in [-0.3, -0.25) is 0 Å². The first-order chi connectivity index (χ1) is 8.25. The molecule has 94 valence electrons. The fourth-order valence-corrected chi connectivity index (χ4v) is 3.16. The molecule has 1 saturated heterocycles. The lowest BCUT2D eigenvalue weighted by molar-refractivity contribution is 0.238. The zero-order chi connectivity index (χ0) is 12.1. The van der Waals surface area contributed by atoms with Crippen LogP contribution in [0.15, 0.2) is 24.3 Å². The van der Waals surface area contributed by atoms with E-state index < -0.39 is 0 Å². The highest BCUT2D eigenvalue weighted by Crippen LogP contribution is 2.25. The highest BCUT2D eigenvalue weighted by atomic mass is 32.2. The molecule has 17 heavy (non-hydrogen) atoms. The third kappa shape index (κ3) is 3.82. The molecule has 0 spiro atoms. The Kier molecular flexibility index (Phi) is 4.57. The maximum Gasteiger partial charge on any atom is 0.119 e. The maximum atomic E-state index is 9.16. The molecule has 0 amide bonds. The maximum absolute atomic E-state index is 9.16. The molecular weight excluding hydrogens is 234 g/mol. The molecule has 1 heterocycles. The lowest BCUT2D eigenvalue weighted by atomic mass is 9.95. The highest BCUT2D eigenvalue weighted by Gasteiger charge is 2.21. The number of rotatable bonds is 4. The normalized spacial score (nSPS) is 18.9. The molecule has 4 heteroatoms. The van der Waals surface area contributed by atoms with E-state index in [-0.39, 0.29) is 11.8 Å². The van der Waals surface area contributed by atoms with E-state index in [4.69, 9.17) is 15.6 Å². The lowest BCUT2D eigenvalue weighted by Gasteiger charge is -2.27. The Balaban J connectivity index is 1.78. The van der Waals surface area contributed by atoms with Gasteiger partial charge in [-0.25, -0.2) is 0 Å². The van der Waals surface area contributed by atoms with Crippen LogP contribution in [-0.2, 0) is 0 Å². The van der Waals surface area contributed by atoms with Crippen LogP contribution in [0.5, 0.6) is 11.5 Å². The molecule has 3 N–H and O–H groups in total. The first kappa shape index (κ1) is 12.6. The Morgan fingerprint density at radius 3 is 2.59 bits per heavy atom. The summed E-state index contributed by atoms with van der Waals surface area (Å²) >= 11 is 2.01. The molecule has 1 fully saturated rings. The van der Waals surface area contributed by atoms with Gasteiger partial charge in [-0.15, -0.1) is 0 Å². The quantitative estimate of drug-likeness (QED) is 0.864. The van der Waals surface area contributed by atoms with Gasteiger partial charge in [0.25, 0.3) is 0 Å². The monoisotopic (exact) mass is 253 g/mol. The second-order valence-electron chi connectivity index (χ2n) is 4.42. The molecule has 1 unspecified atom stereocenters. The van der Waals surface area contributed by atoms with Crippen LogP contribution >= 0.6 is 11.8 Å². The Morgan fingerprint density at radius 1 is 1.29 bits per heavy atom. The number of hydrogen-bond donors (Lipinski definition) is 2. The topological polar surface area (TPSA) is 55.5 Å². The molecule has 1 atom stereocenters. The zero-order valence-corrected chi connectivity index (χ0v) is 10.7. The van der Waals surface area contributed by atoms with Crippen LogP contribution in [0.1, 0.15) is 12.8 Å². The average molecular weight is 253 g/mol. The number of aromatic hydroxyl groups is 1. The summed E-state index contributed by atoms with van der Waals surface area (Å²) in [7, 11) is 0. The van der Waals surface area contributed by atoms with Gasteiger partial charge in [0.2, 0.25) is 0 Å². The van der Waals surface area contributed by atoms with Gasteiger partial charge in [-0.05, 0) is 54.5 Å². The Hall–Kier alpha value is -0.870. The van der Waals surface area contributed by atoms with Crippen molar-refractivity contribution in [2.75, 3.05) is 18.1 Å². The molecule has 1 aliphatic rings. The van der Waals surface area contributed by atoms with E-state index in [1.807, 2.05) is 11.8 Å². The number of ether oxygens (including phenoxy) is 1. The van der Waals surface area contributed by atoms with Gasteiger partial charge in [0.15, 0.2) is 0 Å². The van der Waals surface area contributed by atoms with Gasteiger partial charge in [-0.1, -0.05) is 0 Å². The molecule has 3 nitrogen and oxygen atoms in total. The minimum atomic E-state index is 0.115. The summed E-state index contributed by atoms with van der Waals surface area (Å²) in [6.45, 7) is 0.556. The average Bonchev–Trinajstić information content (AvgIpc) is 2.39. The first-order valence-electron chi connectivity index (χ1n) is 6.01. The van der Waals surface area contributed by atoms with Crippen molar-refractivity contribution in [3.63, 3.8) is 0 Å². The molecule has 1 aromatic carbocycles. The standard InChI is InChI=1S/C13H19NO2S/c14-13(10-5-7-17-8-6-10)9-16-12-3-1-11(15)2-4-12/h1-4,10,13,15H,5-9,14H2. The molecule has 0 bridgehead atoms. The Labute approximate surface area is 106 Å². The van der Waals surface area contributed by atoms with E-state index in [2.05, 4.69) is 0 Å². The van der Waals surface area contributed by atoms with Crippen molar-refractivity contribution in [3.8, 4) is 11.5 Å². The largest absolute Gasteiger partial charge is 0.508 e. The van der Waals surface area contributed by atoms with E-state index in [0.29, 0.717) is 12.5 Å². The molecule has 0 saturated carbocycles. The fraction of sp³-hybridized carbons (Fsp3) is 0.538. The fourth-order valence-electron chi connectivity index (χ4n) is 2.01. The summed E-state index contributed by atoms with van der Waals surface area (Å²) in [5, 5.41) is 9.16. The zero-order valence-electron chi connectivity index (χ0n) is 9.84. The van der Waals surface area contributed by atoms with E-state index in [1.165, 1.54) is 24.3 Å². The van der Waals surface area contributed by atoms with Crippen molar-refractivity contribution < 1.29 is 9.84 Å². The minimum Gasteiger partial charge on any atom is -0.508 e. The van der Waals surface area contributed by atoms with Crippen LogP contribution in [0.4, 0.5) is 0 Å². The number of hydrogen-bond acceptors (Lipinski definition) is 4. The molecule has 1 aliphatic heterocycles. The van der Waals surface area contributed by atoms with Crippen LogP contribution < -0.4 is 10.5 Å². The van der Waals surface area contributed by atoms with Gasteiger partial charge in [-0.2, -0.15) is 11.8 Å². The van der Waals surface area contributed by atoms with Gasteiger partial charge >= 0.3 is 0 Å². The summed E-state index contributed by atoms with van der Waals surface area (Å²) in [6.07, 6.45) is 2.40. The molecule has 0 radical (unpaired) electrons. The van der Waals surface area contributed by atoms with Crippen molar-refractivity contribution >= 4 is 11.8 Å². The number of benzene rings is 1. The van der Waals surface area contributed by atoms with Crippen LogP contribution in [0.2, 0.25) is 0 Å². The lowest BCUT2D eigenvalue weighted by Crippen LogP contribution is -2.37. The SMILES string of the molecule is NC(COc1ccc(O)cc1)C1CCSCC1. The van der Waals surface area contributed by atoms with Gasteiger partial charge < -0.3 is 15.6 Å². The minimum absolute atomic E-state index is 0.115. The summed E-state index contributed by atoms with van der Waals surface area (Å²) in [5.74, 6) is 4.05. The smallest absolute Gasteiger partial charge is 0.119 e. The second-order valence-corrected chi connectivity index (χ2v) is 5.64. The van der Waals surface area contributed by atoms with E-state index in [1.54, 1.807) is 24.3 Å². The van der Waals surface area contributed by atoms with Gasteiger partial charge in [0.1, 0.15) is 18.1 Å². The van der Waals surface area contributed by atoms with Gasteiger partial charge in [0, 0.05) is 6.04 Å².